The minimum atomic E-state index is -0.537. The molecule has 0 aliphatic carbocycles. The Morgan fingerprint density at radius 1 is 0.625 bits per heavy atom. The van der Waals surface area contributed by atoms with Crippen LogP contribution in [0.5, 0.6) is 11.5 Å². The number of hydrogen-bond acceptors (Lipinski definition) is 5. The molecule has 160 valence electrons. The predicted octanol–water partition coefficient (Wildman–Crippen LogP) is 3.18. The quantitative estimate of drug-likeness (QED) is 0.441. The largest absolute Gasteiger partial charge is 0.457 e. The average Bonchev–Trinajstić information content (AvgIpc) is 3.14. The van der Waals surface area contributed by atoms with Crippen LogP contribution in [0.3, 0.4) is 0 Å². The lowest BCUT2D eigenvalue weighted by Crippen LogP contribution is -2.23. The maximum Gasteiger partial charge on any atom is 0.266 e. The van der Waals surface area contributed by atoms with Gasteiger partial charge in [-0.25, -0.2) is 4.57 Å². The number of nitrogens with zero attached hydrogens (tertiary/aromatic N) is 2. The van der Waals surface area contributed by atoms with Crippen LogP contribution in [0, 0.1) is 6.92 Å². The van der Waals surface area contributed by atoms with Crippen molar-refractivity contribution in [2.24, 2.45) is 7.05 Å². The standard InChI is InChI=1S/C24H16N2O5.CH4/c1-13-3-7-15(8-4-13)31-16-9-5-14(6-10-16)26-23(29)19-11-17-18(12-20(19)24(26)30)22(28)25(2)21(17)27;/h3-12H,1-2H3;1H4. The van der Waals surface area contributed by atoms with Gasteiger partial charge in [0.1, 0.15) is 11.5 Å². The topological polar surface area (TPSA) is 87.4 Å². The van der Waals surface area contributed by atoms with Gasteiger partial charge >= 0.3 is 0 Å². The molecule has 0 saturated heterocycles. The van der Waals surface area contributed by atoms with Crippen LogP contribution in [0.4, 0.5) is 0 Å². The summed E-state index contributed by atoms with van der Waals surface area (Å²) in [4.78, 5) is 50.4. The fourth-order valence-corrected chi connectivity index (χ4v) is 3.73. The van der Waals surface area contributed by atoms with E-state index in [4.69, 9.17) is 4.74 Å². The van der Waals surface area contributed by atoms with Crippen LogP contribution in [0.1, 0.15) is 13.0 Å². The highest BCUT2D eigenvalue weighted by molar-refractivity contribution is 5.98. The summed E-state index contributed by atoms with van der Waals surface area (Å²) >= 11 is 0. The van der Waals surface area contributed by atoms with Crippen molar-refractivity contribution in [3.8, 4) is 17.2 Å². The van der Waals surface area contributed by atoms with E-state index in [1.807, 2.05) is 31.2 Å². The van der Waals surface area contributed by atoms with Crippen molar-refractivity contribution in [1.29, 1.82) is 0 Å². The number of hydrogen-bond donors (Lipinski definition) is 0. The van der Waals surface area contributed by atoms with E-state index in [0.717, 1.165) is 14.7 Å². The average molecular weight is 428 g/mol. The molecule has 0 bridgehead atoms. The Kier molecular flexibility index (Phi) is 4.89. The van der Waals surface area contributed by atoms with E-state index in [1.54, 1.807) is 24.3 Å². The summed E-state index contributed by atoms with van der Waals surface area (Å²) in [5.74, 6) is 1.23. The first-order valence-electron chi connectivity index (χ1n) is 9.59. The van der Waals surface area contributed by atoms with Crippen LogP contribution in [-0.2, 0) is 7.05 Å². The Labute approximate surface area is 182 Å². The highest BCUT2D eigenvalue weighted by Gasteiger charge is 2.19. The van der Waals surface area contributed by atoms with Gasteiger partial charge in [-0.2, -0.15) is 0 Å². The molecule has 0 saturated carbocycles. The van der Waals surface area contributed by atoms with Crippen molar-refractivity contribution in [2.75, 3.05) is 0 Å². The van der Waals surface area contributed by atoms with Gasteiger partial charge in [-0.15, -0.1) is 0 Å². The van der Waals surface area contributed by atoms with Crippen molar-refractivity contribution in [3.63, 3.8) is 0 Å². The van der Waals surface area contributed by atoms with Crippen molar-refractivity contribution in [1.82, 2.24) is 9.13 Å². The summed E-state index contributed by atoms with van der Waals surface area (Å²) in [7, 11) is 1.37. The molecule has 2 heterocycles. The number of fused-ring (bicyclic) bond motifs is 2. The second kappa shape index (κ2) is 7.46. The zero-order valence-electron chi connectivity index (χ0n) is 16.7. The molecule has 2 aromatic heterocycles. The maximum absolute atomic E-state index is 12.9. The van der Waals surface area contributed by atoms with Crippen LogP contribution in [0.25, 0.3) is 27.2 Å². The molecular weight excluding hydrogens is 408 g/mol. The summed E-state index contributed by atoms with van der Waals surface area (Å²) in [6.07, 6.45) is 0. The molecule has 7 nitrogen and oxygen atoms in total. The maximum atomic E-state index is 12.9. The minimum Gasteiger partial charge on any atom is -0.457 e. The van der Waals surface area contributed by atoms with Gasteiger partial charge in [-0.3, -0.25) is 23.7 Å². The lowest BCUT2D eigenvalue weighted by Gasteiger charge is -2.07. The Bertz CT molecular complexity index is 1600. The molecule has 0 spiro atoms. The number of benzene rings is 3. The number of rotatable bonds is 3. The van der Waals surface area contributed by atoms with Gasteiger partial charge in [0.15, 0.2) is 0 Å². The summed E-state index contributed by atoms with van der Waals surface area (Å²) in [5.41, 5.74) is -0.556. The third-order valence-corrected chi connectivity index (χ3v) is 5.45. The fourth-order valence-electron chi connectivity index (χ4n) is 3.73. The van der Waals surface area contributed by atoms with E-state index in [1.165, 1.54) is 19.2 Å². The minimum absolute atomic E-state index is 0. The molecule has 0 aliphatic heterocycles. The highest BCUT2D eigenvalue weighted by Crippen LogP contribution is 2.23. The Hall–Kier alpha value is -4.26. The molecule has 0 radical (unpaired) electrons. The van der Waals surface area contributed by atoms with Gasteiger partial charge in [0.05, 0.1) is 27.2 Å². The van der Waals surface area contributed by atoms with Gasteiger partial charge in [-0.1, -0.05) is 25.1 Å². The number of ether oxygens (including phenoxy) is 1. The molecule has 0 unspecified atom stereocenters. The van der Waals surface area contributed by atoms with Gasteiger partial charge < -0.3 is 4.74 Å². The molecule has 0 N–H and O–H groups in total. The van der Waals surface area contributed by atoms with E-state index in [9.17, 15) is 19.2 Å². The summed E-state index contributed by atoms with van der Waals surface area (Å²) in [5, 5.41) is 0.493. The fraction of sp³-hybridized carbons (Fsp3) is 0.120. The normalized spacial score (nSPS) is 11.1. The molecule has 5 rings (SSSR count). The molecule has 0 atom stereocenters. The molecule has 5 aromatic rings. The first kappa shape index (κ1) is 21.0. The summed E-state index contributed by atoms with van der Waals surface area (Å²) in [6.45, 7) is 1.99. The molecule has 0 fully saturated rings. The van der Waals surface area contributed by atoms with Crippen molar-refractivity contribution in [3.05, 3.63) is 108 Å². The first-order valence-corrected chi connectivity index (χ1v) is 9.59. The van der Waals surface area contributed by atoms with Crippen LogP contribution in [0.15, 0.2) is 79.8 Å². The van der Waals surface area contributed by atoms with Gasteiger partial charge in [-0.05, 0) is 55.5 Å². The Morgan fingerprint density at radius 3 is 1.50 bits per heavy atom. The summed E-state index contributed by atoms with van der Waals surface area (Å²) < 4.78 is 7.79. The second-order valence-corrected chi connectivity index (χ2v) is 7.47. The van der Waals surface area contributed by atoms with Gasteiger partial charge in [0.2, 0.25) is 0 Å². The molecule has 7 heteroatoms. The van der Waals surface area contributed by atoms with Crippen LogP contribution in [-0.4, -0.2) is 9.13 Å². The van der Waals surface area contributed by atoms with E-state index >= 15 is 0 Å². The van der Waals surface area contributed by atoms with Crippen molar-refractivity contribution in [2.45, 2.75) is 14.4 Å². The Morgan fingerprint density at radius 2 is 1.03 bits per heavy atom. The molecule has 32 heavy (non-hydrogen) atoms. The lowest BCUT2D eigenvalue weighted by atomic mass is 10.1. The zero-order valence-corrected chi connectivity index (χ0v) is 16.7. The third kappa shape index (κ3) is 3.06. The lowest BCUT2D eigenvalue weighted by molar-refractivity contribution is 0.482. The van der Waals surface area contributed by atoms with Crippen LogP contribution >= 0.6 is 0 Å². The predicted molar refractivity (Wildman–Crippen MR) is 125 cm³/mol. The zero-order chi connectivity index (χ0) is 21.9. The number of aromatic nitrogens is 2. The van der Waals surface area contributed by atoms with Crippen molar-refractivity contribution >= 4 is 21.5 Å². The highest BCUT2D eigenvalue weighted by atomic mass is 16.5. The second-order valence-electron chi connectivity index (χ2n) is 7.47. The molecule has 0 amide bonds. The van der Waals surface area contributed by atoms with Gasteiger partial charge in [0.25, 0.3) is 22.2 Å². The monoisotopic (exact) mass is 428 g/mol. The molecular formula is C25H20N2O5. The van der Waals surface area contributed by atoms with E-state index in [2.05, 4.69) is 0 Å². The van der Waals surface area contributed by atoms with Gasteiger partial charge in [0, 0.05) is 7.05 Å². The van der Waals surface area contributed by atoms with Crippen molar-refractivity contribution < 1.29 is 4.74 Å². The molecule has 3 aromatic carbocycles. The smallest absolute Gasteiger partial charge is 0.266 e. The number of aryl methyl sites for hydroxylation is 1. The molecule has 0 aliphatic rings. The van der Waals surface area contributed by atoms with Crippen LogP contribution in [0.2, 0.25) is 0 Å². The Balaban J connectivity index is 0.00000245. The SMILES string of the molecule is C.Cc1ccc(Oc2ccc(-n3c(=O)c4cc5c(=O)n(C)c(=O)c5cc4c3=O)cc2)cc1. The summed E-state index contributed by atoms with van der Waals surface area (Å²) in [6, 6.07) is 16.8. The van der Waals surface area contributed by atoms with E-state index in [0.29, 0.717) is 17.2 Å². The van der Waals surface area contributed by atoms with E-state index in [-0.39, 0.29) is 29.0 Å². The van der Waals surface area contributed by atoms with E-state index < -0.39 is 22.2 Å². The van der Waals surface area contributed by atoms with Crippen LogP contribution < -0.4 is 27.0 Å². The third-order valence-electron chi connectivity index (χ3n) is 5.45. The first-order chi connectivity index (χ1) is 14.8.